The lowest BCUT2D eigenvalue weighted by molar-refractivity contribution is -0.253. The molecule has 2 N–H and O–H groups in total. The van der Waals surface area contributed by atoms with Crippen LogP contribution < -0.4 is 10.2 Å². The Bertz CT molecular complexity index is 579. The third-order valence-corrected chi connectivity index (χ3v) is 3.77. The van der Waals surface area contributed by atoms with Crippen molar-refractivity contribution in [1.29, 1.82) is 0 Å². The summed E-state index contributed by atoms with van der Waals surface area (Å²) in [6.45, 7) is -0.716. The highest BCUT2D eigenvalue weighted by Gasteiger charge is 2.57. The van der Waals surface area contributed by atoms with Crippen molar-refractivity contribution < 1.29 is 23.1 Å². The van der Waals surface area contributed by atoms with E-state index in [0.717, 1.165) is 10.5 Å². The Morgan fingerprint density at radius 2 is 2.22 bits per heavy atom. The van der Waals surface area contributed by atoms with Crippen LogP contribution in [-0.2, 0) is 6.54 Å². The van der Waals surface area contributed by atoms with E-state index in [4.69, 9.17) is 0 Å². The van der Waals surface area contributed by atoms with Gasteiger partial charge < -0.3 is 20.2 Å². The maximum atomic E-state index is 12.7. The van der Waals surface area contributed by atoms with Crippen LogP contribution in [0.2, 0.25) is 0 Å². The first-order chi connectivity index (χ1) is 10.6. The van der Waals surface area contributed by atoms with Crippen molar-refractivity contribution in [3.05, 3.63) is 23.9 Å². The molecule has 0 aromatic carbocycles. The average molecular weight is 332 g/mol. The fourth-order valence-electron chi connectivity index (χ4n) is 2.30. The van der Waals surface area contributed by atoms with E-state index < -0.39 is 30.8 Å². The van der Waals surface area contributed by atoms with Crippen molar-refractivity contribution in [2.24, 2.45) is 0 Å². The molecule has 2 amide bonds. The summed E-state index contributed by atoms with van der Waals surface area (Å²) in [4.78, 5) is 18.9. The minimum absolute atomic E-state index is 0.138. The number of alkyl halides is 3. The molecule has 6 nitrogen and oxygen atoms in total. The van der Waals surface area contributed by atoms with E-state index in [1.807, 2.05) is 14.1 Å². The molecule has 0 bridgehead atoms. The van der Waals surface area contributed by atoms with Crippen LogP contribution in [0.1, 0.15) is 12.0 Å². The molecule has 1 aromatic heterocycles. The van der Waals surface area contributed by atoms with Crippen LogP contribution in [0.5, 0.6) is 0 Å². The van der Waals surface area contributed by atoms with Gasteiger partial charge in [0.15, 0.2) is 5.60 Å². The molecule has 2 rings (SSSR count). The van der Waals surface area contributed by atoms with Crippen LogP contribution in [-0.4, -0.2) is 60.0 Å². The van der Waals surface area contributed by atoms with Crippen LogP contribution in [0.3, 0.4) is 0 Å². The van der Waals surface area contributed by atoms with Gasteiger partial charge in [-0.05, 0) is 17.7 Å². The molecule has 2 heterocycles. The van der Waals surface area contributed by atoms with Gasteiger partial charge in [0.2, 0.25) is 0 Å². The van der Waals surface area contributed by atoms with Crippen molar-refractivity contribution in [2.45, 2.75) is 24.7 Å². The Morgan fingerprint density at radius 1 is 1.52 bits per heavy atom. The van der Waals surface area contributed by atoms with Gasteiger partial charge in [-0.1, -0.05) is 0 Å². The zero-order valence-corrected chi connectivity index (χ0v) is 12.9. The molecule has 0 radical (unpaired) electrons. The number of pyridine rings is 1. The highest BCUT2D eigenvalue weighted by molar-refractivity contribution is 5.74. The number of β-amino-alcohol motifs (C(OH)–C–C–N with tert-alkyl or cyclic N) is 1. The molecule has 1 aliphatic heterocycles. The van der Waals surface area contributed by atoms with Crippen LogP contribution >= 0.6 is 0 Å². The van der Waals surface area contributed by atoms with Gasteiger partial charge in [-0.15, -0.1) is 0 Å². The van der Waals surface area contributed by atoms with Gasteiger partial charge in [-0.3, -0.25) is 0 Å². The zero-order chi connectivity index (χ0) is 17.3. The first-order valence-electron chi connectivity index (χ1n) is 7.06. The van der Waals surface area contributed by atoms with Crippen LogP contribution in [0.4, 0.5) is 23.8 Å². The number of aliphatic hydroxyl groups is 1. The van der Waals surface area contributed by atoms with Gasteiger partial charge >= 0.3 is 12.2 Å². The van der Waals surface area contributed by atoms with Crippen molar-refractivity contribution in [2.75, 3.05) is 32.1 Å². The topological polar surface area (TPSA) is 68.7 Å². The lowest BCUT2D eigenvalue weighted by atomic mass is 10.0. The maximum absolute atomic E-state index is 12.7. The molecule has 1 atom stereocenters. The maximum Gasteiger partial charge on any atom is 0.419 e. The molecule has 0 aliphatic carbocycles. The van der Waals surface area contributed by atoms with E-state index in [1.165, 1.54) is 0 Å². The molecular formula is C14H19F3N4O2. The molecule has 128 valence electrons. The van der Waals surface area contributed by atoms with Gasteiger partial charge in [-0.25, -0.2) is 9.78 Å². The molecule has 23 heavy (non-hydrogen) atoms. The van der Waals surface area contributed by atoms with Crippen molar-refractivity contribution in [3.63, 3.8) is 0 Å². The number of rotatable bonds is 3. The van der Waals surface area contributed by atoms with Crippen molar-refractivity contribution >= 4 is 11.8 Å². The van der Waals surface area contributed by atoms with E-state index in [0.29, 0.717) is 5.82 Å². The minimum atomic E-state index is -4.74. The number of carbonyl (C=O) groups is 1. The SMILES string of the molecule is CN(C)c1cc(CNC(=O)N2CCC(O)(C(F)(F)F)C2)ccn1. The van der Waals surface area contributed by atoms with E-state index >= 15 is 0 Å². The summed E-state index contributed by atoms with van der Waals surface area (Å²) in [5.74, 6) is 0.712. The summed E-state index contributed by atoms with van der Waals surface area (Å²) in [7, 11) is 3.65. The van der Waals surface area contributed by atoms with Crippen LogP contribution in [0.15, 0.2) is 18.3 Å². The number of carbonyl (C=O) groups excluding carboxylic acids is 1. The van der Waals surface area contributed by atoms with E-state index in [9.17, 15) is 23.1 Å². The Morgan fingerprint density at radius 3 is 2.78 bits per heavy atom. The van der Waals surface area contributed by atoms with Crippen molar-refractivity contribution in [1.82, 2.24) is 15.2 Å². The third kappa shape index (κ3) is 3.84. The zero-order valence-electron chi connectivity index (χ0n) is 12.9. The largest absolute Gasteiger partial charge is 0.419 e. The summed E-state index contributed by atoms with van der Waals surface area (Å²) < 4.78 is 38.2. The molecule has 9 heteroatoms. The minimum Gasteiger partial charge on any atom is -0.379 e. The van der Waals surface area contributed by atoms with Crippen LogP contribution in [0, 0.1) is 0 Å². The van der Waals surface area contributed by atoms with Gasteiger partial charge in [0, 0.05) is 39.8 Å². The second kappa shape index (κ2) is 6.23. The standard InChI is InChI=1S/C14H19F3N4O2/c1-20(2)11-7-10(3-5-18-11)8-19-12(22)21-6-4-13(23,9-21)14(15,16)17/h3,5,7,23H,4,6,8-9H2,1-2H3,(H,19,22). The number of aromatic nitrogens is 1. The first-order valence-corrected chi connectivity index (χ1v) is 7.06. The number of nitrogens with zero attached hydrogens (tertiary/aromatic N) is 3. The fraction of sp³-hybridized carbons (Fsp3) is 0.571. The predicted octanol–water partition coefficient (Wildman–Crippen LogP) is 1.36. The first kappa shape index (κ1) is 17.3. The second-order valence-corrected chi connectivity index (χ2v) is 5.78. The fourth-order valence-corrected chi connectivity index (χ4v) is 2.30. The Balaban J connectivity index is 1.93. The smallest absolute Gasteiger partial charge is 0.379 e. The molecular weight excluding hydrogens is 313 g/mol. The lowest BCUT2D eigenvalue weighted by Crippen LogP contribution is -2.49. The number of anilines is 1. The van der Waals surface area contributed by atoms with Gasteiger partial charge in [0.25, 0.3) is 0 Å². The van der Waals surface area contributed by atoms with Gasteiger partial charge in [0.1, 0.15) is 5.82 Å². The molecule has 1 fully saturated rings. The molecule has 0 spiro atoms. The third-order valence-electron chi connectivity index (χ3n) is 3.77. The second-order valence-electron chi connectivity index (χ2n) is 5.78. The van der Waals surface area contributed by atoms with Gasteiger partial charge in [-0.2, -0.15) is 13.2 Å². The Kier molecular flexibility index (Phi) is 4.69. The van der Waals surface area contributed by atoms with E-state index in [-0.39, 0.29) is 13.1 Å². The average Bonchev–Trinajstić information content (AvgIpc) is 2.89. The molecule has 0 saturated carbocycles. The number of urea groups is 1. The number of likely N-dealkylation sites (tertiary alicyclic amines) is 1. The Labute approximate surface area is 131 Å². The number of hydrogen-bond acceptors (Lipinski definition) is 4. The number of hydrogen-bond donors (Lipinski definition) is 2. The summed E-state index contributed by atoms with van der Waals surface area (Å²) >= 11 is 0. The number of halogens is 3. The van der Waals surface area contributed by atoms with E-state index in [1.54, 1.807) is 23.2 Å². The highest BCUT2D eigenvalue weighted by atomic mass is 19.4. The van der Waals surface area contributed by atoms with Crippen LogP contribution in [0.25, 0.3) is 0 Å². The molecule has 1 saturated heterocycles. The summed E-state index contributed by atoms with van der Waals surface area (Å²) in [5.41, 5.74) is -2.04. The van der Waals surface area contributed by atoms with E-state index in [2.05, 4.69) is 10.3 Å². The summed E-state index contributed by atoms with van der Waals surface area (Å²) in [5, 5.41) is 12.1. The number of nitrogens with one attached hydrogen (secondary N) is 1. The summed E-state index contributed by atoms with van der Waals surface area (Å²) in [6.07, 6.45) is -3.66. The summed E-state index contributed by atoms with van der Waals surface area (Å²) in [6, 6.07) is 2.85. The van der Waals surface area contributed by atoms with Crippen molar-refractivity contribution in [3.8, 4) is 0 Å². The lowest BCUT2D eigenvalue weighted by Gasteiger charge is -2.26. The highest BCUT2D eigenvalue weighted by Crippen LogP contribution is 2.37. The quantitative estimate of drug-likeness (QED) is 0.877. The van der Waals surface area contributed by atoms with Gasteiger partial charge in [0.05, 0.1) is 6.54 Å². The molecule has 1 aliphatic rings. The molecule has 1 unspecified atom stereocenters. The Hall–Kier alpha value is -2.03. The number of amides is 2. The predicted molar refractivity (Wildman–Crippen MR) is 78.0 cm³/mol. The molecule has 1 aromatic rings. The monoisotopic (exact) mass is 332 g/mol. The normalized spacial score (nSPS) is 21.4.